The predicted molar refractivity (Wildman–Crippen MR) is 81.3 cm³/mol. The van der Waals surface area contributed by atoms with E-state index in [1.807, 2.05) is 12.1 Å². The molecular formula is C12H8BrClN2O3S. The topological polar surface area (TPSA) is 72.2 Å². The van der Waals surface area contributed by atoms with E-state index in [2.05, 4.69) is 21.2 Å². The molecule has 0 radical (unpaired) electrons. The molecule has 104 valence electrons. The van der Waals surface area contributed by atoms with E-state index in [4.69, 9.17) is 11.6 Å². The van der Waals surface area contributed by atoms with Gasteiger partial charge in [-0.2, -0.15) is 0 Å². The lowest BCUT2D eigenvalue weighted by Crippen LogP contribution is -2.23. The highest BCUT2D eigenvalue weighted by atomic mass is 79.9. The summed E-state index contributed by atoms with van der Waals surface area (Å²) in [5.41, 5.74) is -0.308. The van der Waals surface area contributed by atoms with Gasteiger partial charge in [-0.25, -0.2) is 0 Å². The van der Waals surface area contributed by atoms with Crippen LogP contribution >= 0.6 is 38.9 Å². The Morgan fingerprint density at radius 2 is 2.15 bits per heavy atom. The Labute approximate surface area is 131 Å². The molecular weight excluding hydrogens is 368 g/mol. The Bertz CT molecular complexity index is 674. The highest BCUT2D eigenvalue weighted by Crippen LogP contribution is 2.24. The number of nitro groups is 1. The molecule has 1 heterocycles. The highest BCUT2D eigenvalue weighted by Gasteiger charge is 2.20. The summed E-state index contributed by atoms with van der Waals surface area (Å²) in [5, 5.41) is 13.8. The van der Waals surface area contributed by atoms with Crippen LogP contribution in [0.3, 0.4) is 0 Å². The fraction of sp³-hybridized carbons (Fsp3) is 0.0833. The lowest BCUT2D eigenvalue weighted by Gasteiger charge is -2.05. The van der Waals surface area contributed by atoms with Crippen LogP contribution in [0.1, 0.15) is 15.2 Å². The molecule has 8 heteroatoms. The third-order valence-corrected chi connectivity index (χ3v) is 4.31. The summed E-state index contributed by atoms with van der Waals surface area (Å²) in [4.78, 5) is 23.2. The van der Waals surface area contributed by atoms with Gasteiger partial charge in [-0.15, -0.1) is 11.3 Å². The number of hydrogen-bond acceptors (Lipinski definition) is 4. The van der Waals surface area contributed by atoms with Crippen molar-refractivity contribution < 1.29 is 9.72 Å². The summed E-state index contributed by atoms with van der Waals surface area (Å²) >= 11 is 10.6. The summed E-state index contributed by atoms with van der Waals surface area (Å²) in [6.07, 6.45) is 0. The van der Waals surface area contributed by atoms with Crippen LogP contribution in [0.15, 0.2) is 34.1 Å². The van der Waals surface area contributed by atoms with Gasteiger partial charge in [-0.1, -0.05) is 11.6 Å². The zero-order chi connectivity index (χ0) is 14.7. The number of carbonyl (C=O) groups excluding carboxylic acids is 1. The Balaban J connectivity index is 2.16. The molecule has 0 aliphatic heterocycles. The van der Waals surface area contributed by atoms with Gasteiger partial charge in [-0.3, -0.25) is 14.9 Å². The quantitative estimate of drug-likeness (QED) is 0.648. The van der Waals surface area contributed by atoms with Gasteiger partial charge < -0.3 is 5.32 Å². The Hall–Kier alpha value is -1.44. The predicted octanol–water partition coefficient (Wildman–Crippen LogP) is 4.00. The Morgan fingerprint density at radius 1 is 1.40 bits per heavy atom. The number of nitro benzene ring substituents is 1. The fourth-order valence-electron chi connectivity index (χ4n) is 1.56. The highest BCUT2D eigenvalue weighted by molar-refractivity contribution is 9.11. The number of thiophene rings is 1. The molecule has 0 aliphatic carbocycles. The summed E-state index contributed by atoms with van der Waals surface area (Å²) in [6, 6.07) is 7.63. The standard InChI is InChI=1S/C12H8BrClN2O3S/c13-11-4-2-8(20-11)6-15-12(17)9-5-7(14)1-3-10(9)16(18)19/h1-5H,6H2,(H,15,17). The van der Waals surface area contributed by atoms with Crippen molar-refractivity contribution >= 4 is 50.5 Å². The van der Waals surface area contributed by atoms with Crippen molar-refractivity contribution in [3.63, 3.8) is 0 Å². The number of halogens is 2. The molecule has 20 heavy (non-hydrogen) atoms. The summed E-state index contributed by atoms with van der Waals surface area (Å²) < 4.78 is 0.954. The van der Waals surface area contributed by atoms with Crippen molar-refractivity contribution in [1.29, 1.82) is 0 Å². The van der Waals surface area contributed by atoms with Crippen molar-refractivity contribution in [2.75, 3.05) is 0 Å². The van der Waals surface area contributed by atoms with Crippen LogP contribution in [-0.2, 0) is 6.54 Å². The second-order valence-electron chi connectivity index (χ2n) is 3.81. The first kappa shape index (κ1) is 15.0. The third kappa shape index (κ3) is 3.56. The first-order valence-corrected chi connectivity index (χ1v) is 7.42. The maximum absolute atomic E-state index is 12.0. The van der Waals surface area contributed by atoms with Crippen LogP contribution in [0.2, 0.25) is 5.02 Å². The molecule has 0 atom stereocenters. The van der Waals surface area contributed by atoms with Crippen molar-refractivity contribution in [2.24, 2.45) is 0 Å². The Morgan fingerprint density at radius 3 is 2.75 bits per heavy atom. The van der Waals surface area contributed by atoms with Crippen molar-refractivity contribution in [1.82, 2.24) is 5.32 Å². The fourth-order valence-corrected chi connectivity index (χ4v) is 3.15. The molecule has 2 rings (SSSR count). The average Bonchev–Trinajstić information content (AvgIpc) is 2.81. The largest absolute Gasteiger partial charge is 0.347 e. The zero-order valence-corrected chi connectivity index (χ0v) is 13.1. The molecule has 0 spiro atoms. The number of amides is 1. The molecule has 1 amide bonds. The van der Waals surface area contributed by atoms with E-state index >= 15 is 0 Å². The molecule has 1 N–H and O–H groups in total. The van der Waals surface area contributed by atoms with Gasteiger partial charge in [0.1, 0.15) is 5.56 Å². The van der Waals surface area contributed by atoms with Crippen molar-refractivity contribution in [3.05, 3.63) is 59.7 Å². The molecule has 1 aromatic carbocycles. The average molecular weight is 376 g/mol. The van der Waals surface area contributed by atoms with Crippen LogP contribution in [0.5, 0.6) is 0 Å². The van der Waals surface area contributed by atoms with Gasteiger partial charge >= 0.3 is 0 Å². The van der Waals surface area contributed by atoms with E-state index in [9.17, 15) is 14.9 Å². The summed E-state index contributed by atoms with van der Waals surface area (Å²) in [6.45, 7) is 0.304. The van der Waals surface area contributed by atoms with E-state index in [0.717, 1.165) is 8.66 Å². The second kappa shape index (κ2) is 6.34. The summed E-state index contributed by atoms with van der Waals surface area (Å²) in [7, 11) is 0. The summed E-state index contributed by atoms with van der Waals surface area (Å²) in [5.74, 6) is -0.524. The third-order valence-electron chi connectivity index (χ3n) is 2.45. The van der Waals surface area contributed by atoms with E-state index in [1.165, 1.54) is 29.5 Å². The van der Waals surface area contributed by atoms with Gasteiger partial charge in [0.2, 0.25) is 0 Å². The first-order valence-electron chi connectivity index (χ1n) is 5.43. The maximum Gasteiger partial charge on any atom is 0.282 e. The molecule has 0 fully saturated rings. The molecule has 0 aliphatic rings. The number of nitrogens with zero attached hydrogens (tertiary/aromatic N) is 1. The van der Waals surface area contributed by atoms with Gasteiger partial charge in [0.25, 0.3) is 11.6 Å². The van der Waals surface area contributed by atoms with E-state index in [-0.39, 0.29) is 16.3 Å². The van der Waals surface area contributed by atoms with Gasteiger partial charge in [0, 0.05) is 16.0 Å². The van der Waals surface area contributed by atoms with Gasteiger partial charge in [0.15, 0.2) is 0 Å². The second-order valence-corrected chi connectivity index (χ2v) is 6.79. The monoisotopic (exact) mass is 374 g/mol. The Kier molecular flexibility index (Phi) is 4.74. The molecule has 1 aromatic heterocycles. The minimum atomic E-state index is -0.604. The van der Waals surface area contributed by atoms with E-state index in [1.54, 1.807) is 0 Å². The molecule has 0 unspecified atom stereocenters. The smallest absolute Gasteiger partial charge is 0.282 e. The van der Waals surface area contributed by atoms with E-state index < -0.39 is 10.8 Å². The van der Waals surface area contributed by atoms with Crippen molar-refractivity contribution in [3.8, 4) is 0 Å². The minimum Gasteiger partial charge on any atom is -0.347 e. The number of rotatable bonds is 4. The minimum absolute atomic E-state index is 0.0434. The maximum atomic E-state index is 12.0. The van der Waals surface area contributed by atoms with Crippen molar-refractivity contribution in [2.45, 2.75) is 6.54 Å². The van der Waals surface area contributed by atoms with Crippen LogP contribution in [0, 0.1) is 10.1 Å². The molecule has 0 saturated carbocycles. The molecule has 0 saturated heterocycles. The van der Waals surface area contributed by atoms with E-state index in [0.29, 0.717) is 6.54 Å². The number of benzene rings is 1. The molecule has 5 nitrogen and oxygen atoms in total. The van der Waals surface area contributed by atoms with Gasteiger partial charge in [-0.05, 0) is 40.2 Å². The van der Waals surface area contributed by atoms with Crippen LogP contribution in [-0.4, -0.2) is 10.8 Å². The van der Waals surface area contributed by atoms with Crippen LogP contribution < -0.4 is 5.32 Å². The number of hydrogen-bond donors (Lipinski definition) is 1. The number of nitrogens with one attached hydrogen (secondary N) is 1. The first-order chi connectivity index (χ1) is 9.47. The van der Waals surface area contributed by atoms with Gasteiger partial charge in [0.05, 0.1) is 15.3 Å². The van der Waals surface area contributed by atoms with Crippen LogP contribution in [0.4, 0.5) is 5.69 Å². The lowest BCUT2D eigenvalue weighted by atomic mass is 10.1. The van der Waals surface area contributed by atoms with Crippen LogP contribution in [0.25, 0.3) is 0 Å². The SMILES string of the molecule is O=C(NCc1ccc(Br)s1)c1cc(Cl)ccc1[N+](=O)[O-]. The molecule has 0 bridgehead atoms. The zero-order valence-electron chi connectivity index (χ0n) is 9.93. The molecule has 2 aromatic rings. The lowest BCUT2D eigenvalue weighted by molar-refractivity contribution is -0.385. The number of carbonyl (C=O) groups is 1. The normalized spacial score (nSPS) is 10.3.